The number of carbonyl (C=O) groups is 1. The van der Waals surface area contributed by atoms with Crippen LogP contribution >= 0.6 is 11.6 Å². The fraction of sp³-hybridized carbons (Fsp3) is 0.381. The molecule has 0 aromatic heterocycles. The maximum Gasteiger partial charge on any atom is 0.240 e. The number of methoxy groups -OCH3 is 1. The Morgan fingerprint density at radius 2 is 1.72 bits per heavy atom. The van der Waals surface area contributed by atoms with Gasteiger partial charge in [0, 0.05) is 30.6 Å². The van der Waals surface area contributed by atoms with E-state index in [1.54, 1.807) is 12.1 Å². The number of rotatable bonds is 7. The Balaban J connectivity index is 1.47. The zero-order valence-electron chi connectivity index (χ0n) is 16.3. The normalized spacial score (nSPS) is 15.3. The van der Waals surface area contributed by atoms with Crippen molar-refractivity contribution in [1.29, 1.82) is 0 Å². The minimum Gasteiger partial charge on any atom is -0.497 e. The Morgan fingerprint density at radius 3 is 2.31 bits per heavy atom. The van der Waals surface area contributed by atoms with Crippen molar-refractivity contribution < 1.29 is 17.9 Å². The largest absolute Gasteiger partial charge is 0.497 e. The second-order valence-corrected chi connectivity index (χ2v) is 9.23. The zero-order valence-corrected chi connectivity index (χ0v) is 17.9. The van der Waals surface area contributed by atoms with Gasteiger partial charge in [0.15, 0.2) is 0 Å². The van der Waals surface area contributed by atoms with Gasteiger partial charge in [-0.3, -0.25) is 4.79 Å². The number of nitrogens with zero attached hydrogens (tertiary/aromatic N) is 1. The van der Waals surface area contributed by atoms with Crippen LogP contribution in [0.3, 0.4) is 0 Å². The molecule has 1 saturated heterocycles. The number of hydrogen-bond acceptors (Lipinski definition) is 4. The molecule has 0 radical (unpaired) electrons. The molecule has 0 spiro atoms. The molecule has 1 N–H and O–H groups in total. The minimum atomic E-state index is -3.59. The number of piperidine rings is 1. The number of sulfonamides is 1. The Bertz CT molecular complexity index is 922. The minimum absolute atomic E-state index is 0.0939. The summed E-state index contributed by atoms with van der Waals surface area (Å²) in [6, 6.07) is 13.6. The van der Waals surface area contributed by atoms with Crippen LogP contribution in [0.4, 0.5) is 0 Å². The fourth-order valence-electron chi connectivity index (χ4n) is 3.35. The average Bonchev–Trinajstić information content (AvgIpc) is 2.73. The Morgan fingerprint density at radius 1 is 1.10 bits per heavy atom. The first-order valence-corrected chi connectivity index (χ1v) is 11.4. The highest BCUT2D eigenvalue weighted by Crippen LogP contribution is 2.19. The van der Waals surface area contributed by atoms with Crippen LogP contribution in [0, 0.1) is 0 Å². The van der Waals surface area contributed by atoms with Gasteiger partial charge in [0.05, 0.1) is 12.0 Å². The van der Waals surface area contributed by atoms with E-state index >= 15 is 0 Å². The van der Waals surface area contributed by atoms with E-state index in [1.807, 2.05) is 29.2 Å². The summed E-state index contributed by atoms with van der Waals surface area (Å²) in [5.41, 5.74) is 1.07. The SMILES string of the molecule is COc1ccc(S(=O)(=O)NC2CCN(C(=O)CCc3ccc(Cl)cc3)CC2)cc1. The molecule has 2 aromatic carbocycles. The van der Waals surface area contributed by atoms with E-state index in [4.69, 9.17) is 16.3 Å². The fourth-order valence-corrected chi connectivity index (χ4v) is 4.78. The molecule has 1 aliphatic heterocycles. The van der Waals surface area contributed by atoms with Crippen molar-refractivity contribution in [2.45, 2.75) is 36.6 Å². The average molecular weight is 437 g/mol. The van der Waals surface area contributed by atoms with Crippen molar-refractivity contribution in [2.24, 2.45) is 0 Å². The quantitative estimate of drug-likeness (QED) is 0.722. The number of amides is 1. The number of likely N-dealkylation sites (tertiary alicyclic amines) is 1. The van der Waals surface area contributed by atoms with Gasteiger partial charge in [-0.25, -0.2) is 13.1 Å². The van der Waals surface area contributed by atoms with Gasteiger partial charge in [-0.2, -0.15) is 0 Å². The van der Waals surface area contributed by atoms with Crippen LogP contribution in [0.1, 0.15) is 24.8 Å². The number of ether oxygens (including phenoxy) is 1. The van der Waals surface area contributed by atoms with Gasteiger partial charge < -0.3 is 9.64 Å². The second-order valence-electron chi connectivity index (χ2n) is 7.08. The van der Waals surface area contributed by atoms with Crippen molar-refractivity contribution in [1.82, 2.24) is 9.62 Å². The van der Waals surface area contributed by atoms with Crippen LogP contribution in [0.2, 0.25) is 5.02 Å². The molecule has 0 bridgehead atoms. The van der Waals surface area contributed by atoms with E-state index in [0.717, 1.165) is 5.56 Å². The van der Waals surface area contributed by atoms with Crippen molar-refractivity contribution >= 4 is 27.5 Å². The smallest absolute Gasteiger partial charge is 0.240 e. The second kappa shape index (κ2) is 9.61. The van der Waals surface area contributed by atoms with Gasteiger partial charge >= 0.3 is 0 Å². The summed E-state index contributed by atoms with van der Waals surface area (Å²) in [7, 11) is -2.06. The van der Waals surface area contributed by atoms with Crippen molar-refractivity contribution in [3.05, 3.63) is 59.1 Å². The van der Waals surface area contributed by atoms with Crippen LogP contribution in [-0.4, -0.2) is 45.5 Å². The van der Waals surface area contributed by atoms with Crippen LogP contribution in [0.25, 0.3) is 0 Å². The molecule has 6 nitrogen and oxygen atoms in total. The van der Waals surface area contributed by atoms with Gasteiger partial charge in [0.2, 0.25) is 15.9 Å². The van der Waals surface area contributed by atoms with Crippen LogP contribution in [0.15, 0.2) is 53.4 Å². The van der Waals surface area contributed by atoms with Crippen LogP contribution in [-0.2, 0) is 21.2 Å². The third-order valence-corrected chi connectivity index (χ3v) is 6.87. The molecule has 3 rings (SSSR count). The predicted molar refractivity (Wildman–Crippen MR) is 113 cm³/mol. The van der Waals surface area contributed by atoms with E-state index in [9.17, 15) is 13.2 Å². The topological polar surface area (TPSA) is 75.7 Å². The lowest BCUT2D eigenvalue weighted by molar-refractivity contribution is -0.132. The standard InChI is InChI=1S/C21H25ClN2O4S/c1-28-19-7-9-20(10-8-19)29(26,27)23-18-12-14-24(15-13-18)21(25)11-4-16-2-5-17(22)6-3-16/h2-3,5-10,18,23H,4,11-15H2,1H3. The highest BCUT2D eigenvalue weighted by atomic mass is 35.5. The van der Waals surface area contributed by atoms with E-state index in [1.165, 1.54) is 19.2 Å². The maximum atomic E-state index is 12.6. The molecule has 0 unspecified atom stereocenters. The first kappa shape index (κ1) is 21.6. The van der Waals surface area contributed by atoms with E-state index in [0.29, 0.717) is 49.5 Å². The summed E-state index contributed by atoms with van der Waals surface area (Å²) in [4.78, 5) is 14.5. The third-order valence-electron chi connectivity index (χ3n) is 5.08. The van der Waals surface area contributed by atoms with Gasteiger partial charge in [0.1, 0.15) is 5.75 Å². The van der Waals surface area contributed by atoms with Gasteiger partial charge in [-0.15, -0.1) is 0 Å². The molecular weight excluding hydrogens is 412 g/mol. The summed E-state index contributed by atoms with van der Waals surface area (Å²) >= 11 is 5.88. The highest BCUT2D eigenvalue weighted by Gasteiger charge is 2.26. The summed E-state index contributed by atoms with van der Waals surface area (Å²) < 4.78 is 32.9. The van der Waals surface area contributed by atoms with Crippen LogP contribution < -0.4 is 9.46 Å². The number of aryl methyl sites for hydroxylation is 1. The summed E-state index contributed by atoms with van der Waals surface area (Å²) in [5, 5.41) is 0.680. The van der Waals surface area contributed by atoms with Gasteiger partial charge in [-0.05, 0) is 61.2 Å². The lowest BCUT2D eigenvalue weighted by Gasteiger charge is -2.32. The molecule has 1 fully saturated rings. The molecule has 156 valence electrons. The van der Waals surface area contributed by atoms with Crippen molar-refractivity contribution in [2.75, 3.05) is 20.2 Å². The lowest BCUT2D eigenvalue weighted by atomic mass is 10.0. The molecule has 1 aliphatic rings. The number of carbonyl (C=O) groups excluding carboxylic acids is 1. The third kappa shape index (κ3) is 5.95. The Labute approximate surface area is 176 Å². The summed E-state index contributed by atoms with van der Waals surface area (Å²) in [6.07, 6.45) is 2.30. The first-order chi connectivity index (χ1) is 13.9. The van der Waals surface area contributed by atoms with E-state index in [2.05, 4.69) is 4.72 Å². The molecular formula is C21H25ClN2O4S. The molecule has 29 heavy (non-hydrogen) atoms. The molecule has 2 aromatic rings. The molecule has 0 aliphatic carbocycles. The first-order valence-electron chi connectivity index (χ1n) is 9.56. The Kier molecular flexibility index (Phi) is 7.16. The summed E-state index contributed by atoms with van der Waals surface area (Å²) in [5.74, 6) is 0.700. The Hall–Kier alpha value is -2.09. The van der Waals surface area contributed by atoms with Crippen molar-refractivity contribution in [3.63, 3.8) is 0 Å². The molecule has 8 heteroatoms. The lowest BCUT2D eigenvalue weighted by Crippen LogP contribution is -2.46. The molecule has 1 amide bonds. The summed E-state index contributed by atoms with van der Waals surface area (Å²) in [6.45, 7) is 1.10. The number of hydrogen-bond donors (Lipinski definition) is 1. The molecule has 0 saturated carbocycles. The van der Waals surface area contributed by atoms with Gasteiger partial charge in [0.25, 0.3) is 0 Å². The van der Waals surface area contributed by atoms with E-state index < -0.39 is 10.0 Å². The van der Waals surface area contributed by atoms with Gasteiger partial charge in [-0.1, -0.05) is 23.7 Å². The number of nitrogens with one attached hydrogen (secondary N) is 1. The van der Waals surface area contributed by atoms with E-state index in [-0.39, 0.29) is 16.8 Å². The monoisotopic (exact) mass is 436 g/mol. The maximum absolute atomic E-state index is 12.6. The van der Waals surface area contributed by atoms with Crippen LogP contribution in [0.5, 0.6) is 5.75 Å². The van der Waals surface area contributed by atoms with Crippen molar-refractivity contribution in [3.8, 4) is 5.75 Å². The zero-order chi connectivity index (χ0) is 20.9. The molecule has 0 atom stereocenters. The highest BCUT2D eigenvalue weighted by molar-refractivity contribution is 7.89. The molecule has 1 heterocycles. The number of benzene rings is 2. The number of halogens is 1. The predicted octanol–water partition coefficient (Wildman–Crippen LogP) is 3.25.